The summed E-state index contributed by atoms with van der Waals surface area (Å²) in [5, 5.41) is 1.09. The first kappa shape index (κ1) is 11.5. The van der Waals surface area contributed by atoms with E-state index in [0.717, 1.165) is 35.7 Å². The summed E-state index contributed by atoms with van der Waals surface area (Å²) in [6.45, 7) is 6.75. The van der Waals surface area contributed by atoms with E-state index in [9.17, 15) is 0 Å². The van der Waals surface area contributed by atoms with Crippen LogP contribution in [0.1, 0.15) is 20.3 Å². The van der Waals surface area contributed by atoms with Gasteiger partial charge in [0.2, 0.25) is 0 Å². The lowest BCUT2D eigenvalue weighted by Gasteiger charge is -2.18. The van der Waals surface area contributed by atoms with Crippen LogP contribution < -0.4 is 15.4 Å². The topological polar surface area (TPSA) is 51.4 Å². The summed E-state index contributed by atoms with van der Waals surface area (Å²) in [4.78, 5) is 2.34. The van der Waals surface area contributed by atoms with E-state index in [4.69, 9.17) is 10.5 Å². The quantitative estimate of drug-likeness (QED) is 0.881. The van der Waals surface area contributed by atoms with E-state index in [0.29, 0.717) is 5.82 Å². The molecule has 0 bridgehead atoms. The van der Waals surface area contributed by atoms with Crippen molar-refractivity contribution in [1.82, 2.24) is 4.37 Å². The van der Waals surface area contributed by atoms with E-state index in [1.165, 1.54) is 18.0 Å². The summed E-state index contributed by atoms with van der Waals surface area (Å²) in [5.41, 5.74) is 5.76. The smallest absolute Gasteiger partial charge is 0.197 e. The van der Waals surface area contributed by atoms with Crippen molar-refractivity contribution in [3.05, 3.63) is 0 Å². The largest absolute Gasteiger partial charge is 0.490 e. The second-order valence-corrected chi connectivity index (χ2v) is 5.40. The Bertz CT molecular complexity index is 364. The summed E-state index contributed by atoms with van der Waals surface area (Å²) in [7, 11) is 1.65. The van der Waals surface area contributed by atoms with Crippen molar-refractivity contribution in [2.45, 2.75) is 20.3 Å². The third kappa shape index (κ3) is 1.96. The molecule has 0 saturated carbocycles. The van der Waals surface area contributed by atoms with Gasteiger partial charge in [0.05, 0.1) is 7.11 Å². The number of anilines is 2. The molecule has 16 heavy (non-hydrogen) atoms. The van der Waals surface area contributed by atoms with Gasteiger partial charge in [-0.3, -0.25) is 0 Å². The number of nitrogens with two attached hydrogens (primary N) is 1. The molecule has 4 nitrogen and oxygen atoms in total. The van der Waals surface area contributed by atoms with Crippen molar-refractivity contribution in [3.8, 4) is 5.75 Å². The normalized spacial score (nSPS) is 20.8. The van der Waals surface area contributed by atoms with E-state index in [1.54, 1.807) is 7.11 Å². The van der Waals surface area contributed by atoms with Gasteiger partial charge in [-0.25, -0.2) is 0 Å². The molecule has 0 radical (unpaired) electrons. The van der Waals surface area contributed by atoms with Crippen molar-refractivity contribution in [2.24, 2.45) is 11.8 Å². The molecule has 1 atom stereocenters. The maximum Gasteiger partial charge on any atom is 0.197 e. The molecule has 0 aliphatic carbocycles. The zero-order chi connectivity index (χ0) is 11.7. The fourth-order valence-electron chi connectivity index (χ4n) is 2.19. The summed E-state index contributed by atoms with van der Waals surface area (Å²) in [6, 6.07) is 0. The minimum absolute atomic E-state index is 0.510. The molecule has 1 aromatic heterocycles. The van der Waals surface area contributed by atoms with Gasteiger partial charge in [0.15, 0.2) is 16.6 Å². The summed E-state index contributed by atoms with van der Waals surface area (Å²) < 4.78 is 9.46. The Labute approximate surface area is 101 Å². The van der Waals surface area contributed by atoms with E-state index in [1.807, 2.05) is 0 Å². The molecule has 0 aromatic carbocycles. The molecule has 1 fully saturated rings. The molecule has 1 aromatic rings. The second-order valence-electron chi connectivity index (χ2n) is 4.65. The lowest BCUT2D eigenvalue weighted by atomic mass is 9.95. The molecular weight excluding hydrogens is 222 g/mol. The number of nitrogen functional groups attached to an aromatic ring is 1. The molecule has 1 aliphatic heterocycles. The lowest BCUT2D eigenvalue weighted by Crippen LogP contribution is -2.20. The fraction of sp³-hybridized carbons (Fsp3) is 0.727. The van der Waals surface area contributed by atoms with Crippen LogP contribution in [0.3, 0.4) is 0 Å². The van der Waals surface area contributed by atoms with Gasteiger partial charge in [-0.1, -0.05) is 13.8 Å². The number of aromatic nitrogens is 1. The van der Waals surface area contributed by atoms with Gasteiger partial charge in [-0.05, 0) is 29.8 Å². The Hall–Kier alpha value is -0.970. The molecule has 0 amide bonds. The zero-order valence-corrected chi connectivity index (χ0v) is 10.9. The van der Waals surface area contributed by atoms with Gasteiger partial charge in [-0.2, -0.15) is 4.37 Å². The monoisotopic (exact) mass is 241 g/mol. The Kier molecular flexibility index (Phi) is 3.23. The maximum atomic E-state index is 5.76. The summed E-state index contributed by atoms with van der Waals surface area (Å²) in [6.07, 6.45) is 1.25. The highest BCUT2D eigenvalue weighted by Crippen LogP contribution is 2.40. The van der Waals surface area contributed by atoms with E-state index >= 15 is 0 Å². The van der Waals surface area contributed by atoms with E-state index < -0.39 is 0 Å². The first-order chi connectivity index (χ1) is 7.63. The van der Waals surface area contributed by atoms with Crippen LogP contribution >= 0.6 is 11.5 Å². The van der Waals surface area contributed by atoms with Crippen molar-refractivity contribution >= 4 is 22.4 Å². The van der Waals surface area contributed by atoms with Crippen LogP contribution in [0.2, 0.25) is 0 Å². The maximum absolute atomic E-state index is 5.76. The SMILES string of the molecule is COc1c(N)nsc1N1CCC(C(C)C)C1. The molecule has 5 heteroatoms. The average Bonchev–Trinajstić information content (AvgIpc) is 2.83. The molecule has 2 N–H and O–H groups in total. The molecule has 90 valence electrons. The molecule has 2 heterocycles. The molecule has 0 spiro atoms. The molecule has 2 rings (SSSR count). The Morgan fingerprint density at radius 3 is 2.88 bits per heavy atom. The van der Waals surface area contributed by atoms with E-state index in [-0.39, 0.29) is 0 Å². The second kappa shape index (κ2) is 4.49. The van der Waals surface area contributed by atoms with Gasteiger partial charge >= 0.3 is 0 Å². The lowest BCUT2D eigenvalue weighted by molar-refractivity contribution is 0.414. The molecule has 1 unspecified atom stereocenters. The highest BCUT2D eigenvalue weighted by Gasteiger charge is 2.28. The van der Waals surface area contributed by atoms with Crippen LogP contribution in [0.5, 0.6) is 5.75 Å². The molecule has 1 aliphatic rings. The summed E-state index contributed by atoms with van der Waals surface area (Å²) in [5.74, 6) is 2.76. The number of hydrogen-bond acceptors (Lipinski definition) is 5. The van der Waals surface area contributed by atoms with Gasteiger partial charge < -0.3 is 15.4 Å². The van der Waals surface area contributed by atoms with Gasteiger partial charge in [-0.15, -0.1) is 0 Å². The van der Waals surface area contributed by atoms with Gasteiger partial charge in [0.1, 0.15) is 0 Å². The Morgan fingerprint density at radius 1 is 1.56 bits per heavy atom. The first-order valence-corrected chi connectivity index (χ1v) is 6.45. The number of rotatable bonds is 3. The van der Waals surface area contributed by atoms with Gasteiger partial charge in [0, 0.05) is 13.1 Å². The third-order valence-electron chi connectivity index (χ3n) is 3.32. The number of ether oxygens (including phenoxy) is 1. The van der Waals surface area contributed by atoms with Crippen molar-refractivity contribution in [2.75, 3.05) is 30.8 Å². The van der Waals surface area contributed by atoms with Crippen molar-refractivity contribution in [1.29, 1.82) is 0 Å². The fourth-order valence-corrected chi connectivity index (χ4v) is 3.01. The predicted octanol–water partition coefficient (Wildman–Crippen LogP) is 2.22. The van der Waals surface area contributed by atoms with Crippen LogP contribution in [-0.2, 0) is 0 Å². The predicted molar refractivity (Wildman–Crippen MR) is 68.2 cm³/mol. The van der Waals surface area contributed by atoms with Crippen LogP contribution in [0.25, 0.3) is 0 Å². The van der Waals surface area contributed by atoms with Crippen LogP contribution in [-0.4, -0.2) is 24.6 Å². The Balaban J connectivity index is 2.14. The third-order valence-corrected chi connectivity index (χ3v) is 4.22. The minimum Gasteiger partial charge on any atom is -0.490 e. The zero-order valence-electron chi connectivity index (χ0n) is 10.1. The average molecular weight is 241 g/mol. The van der Waals surface area contributed by atoms with Crippen molar-refractivity contribution < 1.29 is 4.74 Å². The Morgan fingerprint density at radius 2 is 2.31 bits per heavy atom. The van der Waals surface area contributed by atoms with Crippen LogP contribution in [0.4, 0.5) is 10.8 Å². The first-order valence-electron chi connectivity index (χ1n) is 5.67. The molecule has 1 saturated heterocycles. The van der Waals surface area contributed by atoms with Crippen molar-refractivity contribution in [3.63, 3.8) is 0 Å². The van der Waals surface area contributed by atoms with E-state index in [2.05, 4.69) is 23.1 Å². The number of nitrogens with zero attached hydrogens (tertiary/aromatic N) is 2. The number of methoxy groups -OCH3 is 1. The summed E-state index contributed by atoms with van der Waals surface area (Å²) >= 11 is 1.44. The molecular formula is C11H19N3OS. The standard InChI is InChI=1S/C11H19N3OS/c1-7(2)8-4-5-14(6-8)11-9(15-3)10(12)13-16-11/h7-8H,4-6H2,1-3H3,(H2,12,13). The van der Waals surface area contributed by atoms with Crippen LogP contribution in [0, 0.1) is 11.8 Å². The minimum atomic E-state index is 0.510. The number of hydrogen-bond donors (Lipinski definition) is 1. The van der Waals surface area contributed by atoms with Crippen LogP contribution in [0.15, 0.2) is 0 Å². The van der Waals surface area contributed by atoms with Gasteiger partial charge in [0.25, 0.3) is 0 Å². The highest BCUT2D eigenvalue weighted by atomic mass is 32.1. The highest BCUT2D eigenvalue weighted by molar-refractivity contribution is 7.11.